The van der Waals surface area contributed by atoms with Crippen molar-refractivity contribution in [1.29, 1.82) is 0 Å². The third-order valence-electron chi connectivity index (χ3n) is 3.88. The molecule has 0 heterocycles. The zero-order chi connectivity index (χ0) is 16.9. The van der Waals surface area contributed by atoms with Gasteiger partial charge in [0.15, 0.2) is 11.5 Å². The minimum Gasteiger partial charge on any atom is -0.493 e. The van der Waals surface area contributed by atoms with Gasteiger partial charge < -0.3 is 14.2 Å². The van der Waals surface area contributed by atoms with Crippen LogP contribution in [0.5, 0.6) is 17.2 Å². The Balaban J connectivity index is 1.99. The van der Waals surface area contributed by atoms with E-state index < -0.39 is 0 Å². The number of hydrogen-bond donors (Lipinski definition) is 0. The second-order valence-corrected chi connectivity index (χ2v) is 6.36. The molecule has 0 amide bonds. The first-order valence-electron chi connectivity index (χ1n) is 7.90. The molecule has 0 saturated heterocycles. The van der Waals surface area contributed by atoms with E-state index >= 15 is 0 Å². The van der Waals surface area contributed by atoms with Crippen LogP contribution in [0.2, 0.25) is 0 Å². The molecular weight excluding hydrogens is 288 g/mol. The van der Waals surface area contributed by atoms with Crippen molar-refractivity contribution in [2.24, 2.45) is 0 Å². The highest BCUT2D eigenvalue weighted by Gasteiger charge is 2.20. The Morgan fingerprint density at radius 1 is 0.870 bits per heavy atom. The maximum atomic E-state index is 6.12. The minimum atomic E-state index is -0.234. The lowest BCUT2D eigenvalue weighted by Crippen LogP contribution is -2.28. The Labute approximate surface area is 139 Å². The van der Waals surface area contributed by atoms with Crippen LogP contribution in [0.4, 0.5) is 0 Å². The van der Waals surface area contributed by atoms with Gasteiger partial charge in [0.25, 0.3) is 0 Å². The molecule has 0 N–H and O–H groups in total. The third-order valence-corrected chi connectivity index (χ3v) is 3.88. The molecule has 0 saturated carbocycles. The van der Waals surface area contributed by atoms with Crippen molar-refractivity contribution in [2.75, 3.05) is 14.2 Å². The van der Waals surface area contributed by atoms with Crippen LogP contribution in [0.25, 0.3) is 0 Å². The van der Waals surface area contributed by atoms with E-state index in [0.29, 0.717) is 0 Å². The van der Waals surface area contributed by atoms with Gasteiger partial charge in [-0.25, -0.2) is 0 Å². The van der Waals surface area contributed by atoms with Crippen molar-refractivity contribution in [1.82, 2.24) is 0 Å². The van der Waals surface area contributed by atoms with Crippen LogP contribution in [-0.2, 0) is 6.42 Å². The summed E-state index contributed by atoms with van der Waals surface area (Å²) in [6.07, 6.45) is 1.83. The number of ether oxygens (including phenoxy) is 3. The van der Waals surface area contributed by atoms with E-state index in [0.717, 1.165) is 30.1 Å². The van der Waals surface area contributed by atoms with Gasteiger partial charge in [-0.2, -0.15) is 0 Å². The summed E-state index contributed by atoms with van der Waals surface area (Å²) in [5, 5.41) is 0. The normalized spacial score (nSPS) is 11.2. The Morgan fingerprint density at radius 2 is 1.52 bits per heavy atom. The second kappa shape index (κ2) is 7.40. The van der Waals surface area contributed by atoms with Gasteiger partial charge in [-0.15, -0.1) is 0 Å². The minimum absolute atomic E-state index is 0.234. The second-order valence-electron chi connectivity index (χ2n) is 6.36. The topological polar surface area (TPSA) is 27.7 Å². The predicted molar refractivity (Wildman–Crippen MR) is 93.8 cm³/mol. The molecule has 0 aliphatic carbocycles. The fraction of sp³-hybridized carbons (Fsp3) is 0.400. The first kappa shape index (κ1) is 17.2. The summed E-state index contributed by atoms with van der Waals surface area (Å²) in [7, 11) is 3.31. The van der Waals surface area contributed by atoms with Gasteiger partial charge in [0, 0.05) is 0 Å². The van der Waals surface area contributed by atoms with Crippen molar-refractivity contribution in [3.05, 3.63) is 53.6 Å². The number of hydrogen-bond acceptors (Lipinski definition) is 3. The smallest absolute Gasteiger partial charge is 0.160 e. The number of rotatable bonds is 7. The highest BCUT2D eigenvalue weighted by atomic mass is 16.5. The quantitative estimate of drug-likeness (QED) is 0.734. The molecule has 0 aromatic heterocycles. The summed E-state index contributed by atoms with van der Waals surface area (Å²) in [5.74, 6) is 2.43. The first-order chi connectivity index (χ1) is 10.9. The van der Waals surface area contributed by atoms with Crippen LogP contribution in [0, 0.1) is 6.92 Å². The van der Waals surface area contributed by atoms with Gasteiger partial charge in [0.05, 0.1) is 14.2 Å². The summed E-state index contributed by atoms with van der Waals surface area (Å²) < 4.78 is 16.8. The van der Waals surface area contributed by atoms with E-state index in [9.17, 15) is 0 Å². The average Bonchev–Trinajstić information content (AvgIpc) is 2.54. The molecule has 0 spiro atoms. The predicted octanol–water partition coefficient (Wildman–Crippen LogP) is 4.80. The highest BCUT2D eigenvalue weighted by molar-refractivity contribution is 5.43. The summed E-state index contributed by atoms with van der Waals surface area (Å²) in [6, 6.07) is 14.2. The van der Waals surface area contributed by atoms with Crippen LogP contribution < -0.4 is 14.2 Å². The lowest BCUT2D eigenvalue weighted by molar-refractivity contribution is 0.0997. The zero-order valence-corrected chi connectivity index (χ0v) is 14.7. The van der Waals surface area contributed by atoms with E-state index in [-0.39, 0.29) is 5.60 Å². The molecule has 23 heavy (non-hydrogen) atoms. The number of aryl methyl sites for hydroxylation is 2. The van der Waals surface area contributed by atoms with Crippen LogP contribution in [0.3, 0.4) is 0 Å². The molecular formula is C20H26O3. The van der Waals surface area contributed by atoms with Crippen LogP contribution in [0.1, 0.15) is 31.4 Å². The third kappa shape index (κ3) is 4.92. The molecule has 0 aliphatic rings. The van der Waals surface area contributed by atoms with Crippen molar-refractivity contribution in [2.45, 2.75) is 39.2 Å². The lowest BCUT2D eigenvalue weighted by atomic mass is 9.98. The van der Waals surface area contributed by atoms with E-state index in [2.05, 4.69) is 39.0 Å². The van der Waals surface area contributed by atoms with Crippen molar-refractivity contribution < 1.29 is 14.2 Å². The van der Waals surface area contributed by atoms with Gasteiger partial charge >= 0.3 is 0 Å². The summed E-state index contributed by atoms with van der Waals surface area (Å²) >= 11 is 0. The lowest BCUT2D eigenvalue weighted by Gasteiger charge is -2.27. The molecule has 2 aromatic carbocycles. The number of benzene rings is 2. The molecule has 0 unspecified atom stereocenters. The van der Waals surface area contributed by atoms with Crippen molar-refractivity contribution in [3.63, 3.8) is 0 Å². The molecule has 2 rings (SSSR count). The Bertz CT molecular complexity index is 630. The molecule has 0 aliphatic heterocycles. The standard InChI is InChI=1S/C20H26O3/c1-15-6-9-17(10-7-15)23-20(2,3)13-12-16-8-11-18(21-4)19(14-16)22-5/h6-11,14H,12-13H2,1-5H3. The highest BCUT2D eigenvalue weighted by Crippen LogP contribution is 2.29. The Morgan fingerprint density at radius 3 is 2.13 bits per heavy atom. The van der Waals surface area contributed by atoms with E-state index in [1.54, 1.807) is 14.2 Å². The molecule has 2 aromatic rings. The van der Waals surface area contributed by atoms with Gasteiger partial charge in [-0.1, -0.05) is 23.8 Å². The zero-order valence-electron chi connectivity index (χ0n) is 14.7. The van der Waals surface area contributed by atoms with Crippen LogP contribution in [-0.4, -0.2) is 19.8 Å². The van der Waals surface area contributed by atoms with Gasteiger partial charge in [-0.05, 0) is 63.4 Å². The SMILES string of the molecule is COc1ccc(CCC(C)(C)Oc2ccc(C)cc2)cc1OC. The van der Waals surface area contributed by atoms with Gasteiger partial charge in [0.1, 0.15) is 11.4 Å². The van der Waals surface area contributed by atoms with E-state index in [4.69, 9.17) is 14.2 Å². The largest absolute Gasteiger partial charge is 0.493 e. The Kier molecular flexibility index (Phi) is 5.54. The first-order valence-corrected chi connectivity index (χ1v) is 7.90. The molecule has 3 heteroatoms. The summed E-state index contributed by atoms with van der Waals surface area (Å²) in [5.41, 5.74) is 2.21. The average molecular weight is 314 g/mol. The molecule has 0 atom stereocenters. The molecule has 0 bridgehead atoms. The van der Waals surface area contributed by atoms with Crippen molar-refractivity contribution in [3.8, 4) is 17.2 Å². The maximum absolute atomic E-state index is 6.12. The molecule has 3 nitrogen and oxygen atoms in total. The summed E-state index contributed by atoms with van der Waals surface area (Å²) in [4.78, 5) is 0. The summed E-state index contributed by atoms with van der Waals surface area (Å²) in [6.45, 7) is 6.31. The van der Waals surface area contributed by atoms with Crippen LogP contribution >= 0.6 is 0 Å². The van der Waals surface area contributed by atoms with Crippen molar-refractivity contribution >= 4 is 0 Å². The monoisotopic (exact) mass is 314 g/mol. The fourth-order valence-corrected chi connectivity index (χ4v) is 2.46. The fourth-order valence-electron chi connectivity index (χ4n) is 2.46. The van der Waals surface area contributed by atoms with Crippen LogP contribution in [0.15, 0.2) is 42.5 Å². The van der Waals surface area contributed by atoms with Gasteiger partial charge in [0.2, 0.25) is 0 Å². The number of methoxy groups -OCH3 is 2. The van der Waals surface area contributed by atoms with E-state index in [1.807, 2.05) is 24.3 Å². The Hall–Kier alpha value is -2.16. The molecule has 0 fully saturated rings. The van der Waals surface area contributed by atoms with Gasteiger partial charge in [-0.3, -0.25) is 0 Å². The molecule has 0 radical (unpaired) electrons. The maximum Gasteiger partial charge on any atom is 0.160 e. The van der Waals surface area contributed by atoms with E-state index in [1.165, 1.54) is 11.1 Å². The molecule has 124 valence electrons.